The van der Waals surface area contributed by atoms with Gasteiger partial charge in [0.2, 0.25) is 0 Å². The molecule has 0 spiro atoms. The van der Waals surface area contributed by atoms with Gasteiger partial charge >= 0.3 is 0 Å². The molecular weight excluding hydrogens is 437 g/mol. The van der Waals surface area contributed by atoms with Crippen LogP contribution in [0.25, 0.3) is 10.2 Å². The van der Waals surface area contributed by atoms with Crippen molar-refractivity contribution in [3.63, 3.8) is 0 Å². The van der Waals surface area contributed by atoms with E-state index in [0.717, 1.165) is 33.5 Å². The van der Waals surface area contributed by atoms with E-state index < -0.39 is 15.8 Å². The lowest BCUT2D eigenvalue weighted by atomic mass is 10.1. The van der Waals surface area contributed by atoms with E-state index in [1.807, 2.05) is 26.0 Å². The second-order valence-electron chi connectivity index (χ2n) is 7.04. The molecule has 2 N–H and O–H groups in total. The zero-order valence-corrected chi connectivity index (χ0v) is 18.3. The lowest BCUT2D eigenvalue weighted by molar-refractivity contribution is 0.102. The molecule has 0 unspecified atom stereocenters. The summed E-state index contributed by atoms with van der Waals surface area (Å²) < 4.78 is 41.2. The molecule has 0 bridgehead atoms. The molecule has 0 saturated heterocycles. The second kappa shape index (κ2) is 8.09. The van der Waals surface area contributed by atoms with Crippen LogP contribution in [0.2, 0.25) is 0 Å². The van der Waals surface area contributed by atoms with Crippen LogP contribution < -0.4 is 10.0 Å². The molecule has 0 radical (unpaired) electrons. The van der Waals surface area contributed by atoms with Crippen molar-refractivity contribution in [2.75, 3.05) is 10.0 Å². The van der Waals surface area contributed by atoms with Crippen LogP contribution in [-0.2, 0) is 10.0 Å². The van der Waals surface area contributed by atoms with Crippen molar-refractivity contribution in [2.45, 2.75) is 18.7 Å². The Kier molecular flexibility index (Phi) is 5.47. The molecule has 158 valence electrons. The van der Waals surface area contributed by atoms with E-state index in [1.165, 1.54) is 47.7 Å². The number of aryl methyl sites for hydroxylation is 2. The van der Waals surface area contributed by atoms with Gasteiger partial charge in [-0.2, -0.15) is 0 Å². The molecule has 3 aromatic carbocycles. The topological polar surface area (TPSA) is 88.2 Å². The van der Waals surface area contributed by atoms with Crippen LogP contribution in [0.4, 0.5) is 15.2 Å². The predicted octanol–water partition coefficient (Wildman–Crippen LogP) is 5.11. The Hall–Kier alpha value is -3.30. The van der Waals surface area contributed by atoms with Crippen LogP contribution in [0.1, 0.15) is 21.5 Å². The van der Waals surface area contributed by atoms with Crippen molar-refractivity contribution in [2.24, 2.45) is 0 Å². The fourth-order valence-corrected chi connectivity index (χ4v) is 5.21. The fourth-order valence-electron chi connectivity index (χ4n) is 3.11. The van der Waals surface area contributed by atoms with Gasteiger partial charge in [-0.25, -0.2) is 17.8 Å². The van der Waals surface area contributed by atoms with Crippen molar-refractivity contribution < 1.29 is 17.6 Å². The number of hydrogen-bond acceptors (Lipinski definition) is 5. The third-order valence-electron chi connectivity index (χ3n) is 4.57. The van der Waals surface area contributed by atoms with Crippen LogP contribution in [0.5, 0.6) is 0 Å². The third kappa shape index (κ3) is 4.57. The summed E-state index contributed by atoms with van der Waals surface area (Å²) in [6.45, 7) is 3.99. The molecule has 9 heteroatoms. The van der Waals surface area contributed by atoms with Gasteiger partial charge in [0.05, 0.1) is 15.1 Å². The first-order valence-corrected chi connectivity index (χ1v) is 11.6. The van der Waals surface area contributed by atoms with Gasteiger partial charge in [0.15, 0.2) is 5.13 Å². The van der Waals surface area contributed by atoms with Crippen LogP contribution in [-0.4, -0.2) is 19.3 Å². The molecule has 0 aliphatic heterocycles. The summed E-state index contributed by atoms with van der Waals surface area (Å²) in [6.07, 6.45) is 0. The third-order valence-corrected chi connectivity index (χ3v) is 6.89. The van der Waals surface area contributed by atoms with Crippen molar-refractivity contribution in [3.8, 4) is 0 Å². The van der Waals surface area contributed by atoms with E-state index in [-0.39, 0.29) is 16.5 Å². The quantitative estimate of drug-likeness (QED) is 0.438. The van der Waals surface area contributed by atoms with Crippen LogP contribution in [0.15, 0.2) is 65.6 Å². The number of aromatic nitrogens is 1. The summed E-state index contributed by atoms with van der Waals surface area (Å²) in [5, 5.41) is 3.28. The second-order valence-corrected chi connectivity index (χ2v) is 9.75. The van der Waals surface area contributed by atoms with Gasteiger partial charge in [0, 0.05) is 11.3 Å². The number of benzene rings is 3. The monoisotopic (exact) mass is 455 g/mol. The molecule has 1 amide bonds. The number of carbonyl (C=O) groups excluding carboxylic acids is 1. The minimum absolute atomic E-state index is 0.0583. The van der Waals surface area contributed by atoms with E-state index in [4.69, 9.17) is 0 Å². The highest BCUT2D eigenvalue weighted by atomic mass is 32.2. The molecule has 6 nitrogen and oxygen atoms in total. The SMILES string of the molecule is Cc1cc(C)c2nc(NC(=O)c3ccc(NS(=O)(=O)c4ccc(F)cc4)cc3)sc2c1. The number of nitrogens with zero attached hydrogens (tertiary/aromatic N) is 1. The maximum absolute atomic E-state index is 13.0. The Balaban J connectivity index is 1.48. The fraction of sp³-hybridized carbons (Fsp3) is 0.0909. The summed E-state index contributed by atoms with van der Waals surface area (Å²) in [6, 6.07) is 14.6. The van der Waals surface area contributed by atoms with Gasteiger partial charge in [-0.3, -0.25) is 14.8 Å². The molecule has 0 saturated carbocycles. The minimum Gasteiger partial charge on any atom is -0.298 e. The maximum atomic E-state index is 13.0. The van der Waals surface area contributed by atoms with Crippen LogP contribution in [0.3, 0.4) is 0 Å². The summed E-state index contributed by atoms with van der Waals surface area (Å²) in [4.78, 5) is 17.0. The Morgan fingerprint density at radius 3 is 2.35 bits per heavy atom. The van der Waals surface area contributed by atoms with Crippen molar-refractivity contribution >= 4 is 48.3 Å². The molecule has 4 rings (SSSR count). The number of amides is 1. The standard InChI is InChI=1S/C22H18FN3O3S2/c1-13-11-14(2)20-19(12-13)30-22(24-20)25-21(27)15-3-7-17(8-4-15)26-31(28,29)18-9-5-16(23)6-10-18/h3-12,26H,1-2H3,(H,24,25,27). The Labute approximate surface area is 182 Å². The minimum atomic E-state index is -3.86. The molecule has 0 fully saturated rings. The summed E-state index contributed by atoms with van der Waals surface area (Å²) in [5.74, 6) is -0.867. The Bertz CT molecular complexity index is 1380. The van der Waals surface area contributed by atoms with Gasteiger partial charge in [-0.1, -0.05) is 17.4 Å². The van der Waals surface area contributed by atoms with Gasteiger partial charge in [-0.05, 0) is 79.6 Å². The smallest absolute Gasteiger partial charge is 0.261 e. The molecule has 0 atom stereocenters. The molecule has 1 heterocycles. The van der Waals surface area contributed by atoms with E-state index in [9.17, 15) is 17.6 Å². The number of anilines is 2. The van der Waals surface area contributed by atoms with E-state index in [0.29, 0.717) is 10.7 Å². The lowest BCUT2D eigenvalue weighted by Crippen LogP contribution is -2.14. The summed E-state index contributed by atoms with van der Waals surface area (Å²) in [5.41, 5.74) is 3.68. The van der Waals surface area contributed by atoms with Gasteiger partial charge < -0.3 is 0 Å². The van der Waals surface area contributed by atoms with Gasteiger partial charge in [-0.15, -0.1) is 0 Å². The highest BCUT2D eigenvalue weighted by Crippen LogP contribution is 2.29. The van der Waals surface area contributed by atoms with E-state index >= 15 is 0 Å². The summed E-state index contributed by atoms with van der Waals surface area (Å²) in [7, 11) is -3.86. The number of rotatable bonds is 5. The number of halogens is 1. The Morgan fingerprint density at radius 2 is 1.68 bits per heavy atom. The van der Waals surface area contributed by atoms with Crippen molar-refractivity contribution in [3.05, 3.63) is 83.2 Å². The number of thiazole rings is 1. The summed E-state index contributed by atoms with van der Waals surface area (Å²) >= 11 is 1.40. The van der Waals surface area contributed by atoms with E-state index in [1.54, 1.807) is 0 Å². The Morgan fingerprint density at radius 1 is 1.00 bits per heavy atom. The average Bonchev–Trinajstić information content (AvgIpc) is 3.11. The van der Waals surface area contributed by atoms with Gasteiger partial charge in [0.1, 0.15) is 5.82 Å². The highest BCUT2D eigenvalue weighted by molar-refractivity contribution is 7.92. The average molecular weight is 456 g/mol. The highest BCUT2D eigenvalue weighted by Gasteiger charge is 2.15. The molecule has 4 aromatic rings. The first-order chi connectivity index (χ1) is 14.7. The molecular formula is C22H18FN3O3S2. The number of fused-ring (bicyclic) bond motifs is 1. The molecule has 1 aromatic heterocycles. The predicted molar refractivity (Wildman–Crippen MR) is 121 cm³/mol. The normalized spacial score (nSPS) is 11.5. The largest absolute Gasteiger partial charge is 0.298 e. The number of sulfonamides is 1. The maximum Gasteiger partial charge on any atom is 0.261 e. The zero-order chi connectivity index (χ0) is 22.2. The van der Waals surface area contributed by atoms with Crippen LogP contribution in [0, 0.1) is 19.7 Å². The molecule has 0 aliphatic rings. The van der Waals surface area contributed by atoms with E-state index in [2.05, 4.69) is 15.0 Å². The van der Waals surface area contributed by atoms with Crippen LogP contribution >= 0.6 is 11.3 Å². The lowest BCUT2D eigenvalue weighted by Gasteiger charge is -2.09. The number of nitrogens with one attached hydrogen (secondary N) is 2. The number of hydrogen-bond donors (Lipinski definition) is 2. The first kappa shape index (κ1) is 21.0. The number of carbonyl (C=O) groups is 1. The zero-order valence-electron chi connectivity index (χ0n) is 16.6. The molecule has 31 heavy (non-hydrogen) atoms. The van der Waals surface area contributed by atoms with Gasteiger partial charge in [0.25, 0.3) is 15.9 Å². The molecule has 0 aliphatic carbocycles. The van der Waals surface area contributed by atoms with Crippen molar-refractivity contribution in [1.82, 2.24) is 4.98 Å². The first-order valence-electron chi connectivity index (χ1n) is 9.29. The van der Waals surface area contributed by atoms with Crippen molar-refractivity contribution in [1.29, 1.82) is 0 Å².